The minimum absolute atomic E-state index is 0.0723. The summed E-state index contributed by atoms with van der Waals surface area (Å²) >= 11 is 4.22. The van der Waals surface area contributed by atoms with Gasteiger partial charge in [-0.05, 0) is 12.8 Å². The van der Waals surface area contributed by atoms with Gasteiger partial charge < -0.3 is 4.74 Å². The predicted octanol–water partition coefficient (Wildman–Crippen LogP) is 1.80. The Hall–Kier alpha value is -0.315. The Morgan fingerprint density at radius 3 is 2.87 bits per heavy atom. The summed E-state index contributed by atoms with van der Waals surface area (Å²) in [7, 11) is 2.25. The molecule has 0 aromatic carbocycles. The van der Waals surface area contributed by atoms with Crippen LogP contribution in [0.3, 0.4) is 0 Å². The van der Waals surface area contributed by atoms with E-state index in [4.69, 9.17) is 4.74 Å². The van der Waals surface area contributed by atoms with Gasteiger partial charge in [0.2, 0.25) is 0 Å². The van der Waals surface area contributed by atoms with Gasteiger partial charge in [-0.2, -0.15) is 0 Å². The fraction of sp³-hybridized carbons (Fsp3) is 0.900. The summed E-state index contributed by atoms with van der Waals surface area (Å²) in [5.74, 6) is 0.656. The van der Waals surface area contributed by atoms with E-state index in [9.17, 15) is 4.79 Å². The van der Waals surface area contributed by atoms with Gasteiger partial charge >= 0.3 is 6.09 Å². The van der Waals surface area contributed by atoms with Crippen LogP contribution < -0.4 is 0 Å². The highest BCUT2D eigenvalue weighted by Crippen LogP contribution is 2.33. The largest absolute Gasteiger partial charge is 0.443 e. The van der Waals surface area contributed by atoms with E-state index in [1.165, 1.54) is 30.0 Å². The van der Waals surface area contributed by atoms with E-state index in [0.717, 1.165) is 12.8 Å². The molecule has 1 heterocycles. The van der Waals surface area contributed by atoms with Crippen molar-refractivity contribution in [1.29, 1.82) is 0 Å². The number of fused-ring (bicyclic) bond motifs is 1. The van der Waals surface area contributed by atoms with E-state index >= 15 is 0 Å². The van der Waals surface area contributed by atoms with Gasteiger partial charge in [0.25, 0.3) is 0 Å². The maximum Gasteiger partial charge on any atom is 0.420 e. The lowest BCUT2D eigenvalue weighted by molar-refractivity contribution is 0.124. The highest BCUT2D eigenvalue weighted by atomic mass is 32.1. The van der Waals surface area contributed by atoms with Gasteiger partial charge in [-0.3, -0.25) is 0 Å². The van der Waals surface area contributed by atoms with E-state index in [-0.39, 0.29) is 18.2 Å². The minimum Gasteiger partial charge on any atom is -0.443 e. The molecule has 0 spiro atoms. The quantitative estimate of drug-likeness (QED) is 0.505. The highest BCUT2D eigenvalue weighted by Gasteiger charge is 2.40. The zero-order chi connectivity index (χ0) is 10.8. The van der Waals surface area contributed by atoms with Crippen LogP contribution in [0.5, 0.6) is 0 Å². The summed E-state index contributed by atoms with van der Waals surface area (Å²) < 4.78 is 6.84. The van der Waals surface area contributed by atoms with Crippen molar-refractivity contribution in [3.63, 3.8) is 0 Å². The smallest absolute Gasteiger partial charge is 0.420 e. The summed E-state index contributed by atoms with van der Waals surface area (Å²) in [4.78, 5) is 11.4. The molecule has 0 aromatic heterocycles. The number of amides is 1. The lowest BCUT2D eigenvalue weighted by Crippen LogP contribution is -2.30. The van der Waals surface area contributed by atoms with Crippen LogP contribution >= 0.6 is 12.8 Å². The van der Waals surface area contributed by atoms with Gasteiger partial charge in [0.15, 0.2) is 0 Å². The first-order chi connectivity index (χ1) is 7.18. The van der Waals surface area contributed by atoms with Crippen molar-refractivity contribution in [1.82, 2.24) is 4.31 Å². The third-order valence-electron chi connectivity index (χ3n) is 3.51. The molecule has 3 unspecified atom stereocenters. The number of rotatable bonds is 0. The van der Waals surface area contributed by atoms with Crippen molar-refractivity contribution < 1.29 is 9.53 Å². The molecule has 3 nitrogen and oxygen atoms in total. The van der Waals surface area contributed by atoms with Gasteiger partial charge in [-0.1, -0.05) is 44.3 Å². The summed E-state index contributed by atoms with van der Waals surface area (Å²) in [6.45, 7) is 0. The Morgan fingerprint density at radius 1 is 1.33 bits per heavy atom. The van der Waals surface area contributed by atoms with Gasteiger partial charge in [0.1, 0.15) is 14.0 Å². The Balaban J connectivity index is 2.06. The van der Waals surface area contributed by atoms with Crippen molar-refractivity contribution in [2.45, 2.75) is 56.5 Å². The maximum absolute atomic E-state index is 11.4. The van der Waals surface area contributed by atoms with Crippen molar-refractivity contribution in [3.05, 3.63) is 0 Å². The molecule has 0 bridgehead atoms. The molecule has 1 aliphatic carbocycles. The number of ether oxygens (including phenoxy) is 1. The van der Waals surface area contributed by atoms with Gasteiger partial charge in [-0.15, -0.1) is 0 Å². The van der Waals surface area contributed by atoms with E-state index in [1.807, 2.05) is 0 Å². The first-order valence-corrected chi connectivity index (χ1v) is 6.27. The number of hydrogen-bond acceptors (Lipinski definition) is 3. The molecule has 84 valence electrons. The number of thiol groups is 1. The van der Waals surface area contributed by atoms with Gasteiger partial charge in [0.05, 0.1) is 6.04 Å². The second kappa shape index (κ2) is 4.68. The molecule has 1 saturated heterocycles. The molecular formula is C10H18BNO2S. The van der Waals surface area contributed by atoms with Crippen LogP contribution in [-0.4, -0.2) is 30.4 Å². The fourth-order valence-corrected chi connectivity index (χ4v) is 2.92. The molecule has 3 atom stereocenters. The van der Waals surface area contributed by atoms with Crippen LogP contribution in [0.4, 0.5) is 4.79 Å². The molecular weight excluding hydrogens is 209 g/mol. The summed E-state index contributed by atoms with van der Waals surface area (Å²) in [5.41, 5.74) is 0. The molecule has 2 rings (SSSR count). The Kier molecular flexibility index (Phi) is 3.49. The van der Waals surface area contributed by atoms with Crippen molar-refractivity contribution in [3.8, 4) is 0 Å². The van der Waals surface area contributed by atoms with Crippen LogP contribution in [0.25, 0.3) is 0 Å². The predicted molar refractivity (Wildman–Crippen MR) is 64.9 cm³/mol. The lowest BCUT2D eigenvalue weighted by atomic mass is 9.78. The molecule has 1 amide bonds. The Labute approximate surface area is 97.5 Å². The minimum atomic E-state index is -0.263. The number of hydrogen-bond donors (Lipinski definition) is 1. The van der Waals surface area contributed by atoms with Crippen LogP contribution in [-0.2, 0) is 4.74 Å². The second-order valence-corrected chi connectivity index (χ2v) is 5.24. The van der Waals surface area contributed by atoms with Crippen LogP contribution in [0, 0.1) is 0 Å². The van der Waals surface area contributed by atoms with Crippen molar-refractivity contribution >= 4 is 26.8 Å². The van der Waals surface area contributed by atoms with Gasteiger partial charge in [-0.25, -0.2) is 9.10 Å². The molecule has 5 heteroatoms. The van der Waals surface area contributed by atoms with E-state index in [0.29, 0.717) is 5.82 Å². The third kappa shape index (κ3) is 2.44. The van der Waals surface area contributed by atoms with Crippen LogP contribution in [0.15, 0.2) is 0 Å². The summed E-state index contributed by atoms with van der Waals surface area (Å²) in [5, 5.41) is 0. The Bertz CT molecular complexity index is 252. The summed E-state index contributed by atoms with van der Waals surface area (Å²) in [6.07, 6.45) is 6.85. The third-order valence-corrected chi connectivity index (χ3v) is 3.97. The first-order valence-electron chi connectivity index (χ1n) is 5.87. The molecule has 0 aromatic rings. The average molecular weight is 227 g/mol. The first kappa shape index (κ1) is 11.2. The van der Waals surface area contributed by atoms with E-state index < -0.39 is 0 Å². The number of nitrogens with zero attached hydrogens (tertiary/aromatic N) is 1. The normalized spacial score (nSPS) is 37.5. The zero-order valence-corrected chi connectivity index (χ0v) is 10.1. The number of carbonyl (C=O) groups is 1. The molecule has 2 fully saturated rings. The fourth-order valence-electron chi connectivity index (χ4n) is 2.61. The molecule has 1 aliphatic heterocycles. The summed E-state index contributed by atoms with van der Waals surface area (Å²) in [6, 6.07) is 0.196. The average Bonchev–Trinajstić information content (AvgIpc) is 2.48. The molecule has 2 aliphatic rings. The molecule has 0 radical (unpaired) electrons. The Morgan fingerprint density at radius 2 is 2.07 bits per heavy atom. The van der Waals surface area contributed by atoms with Crippen molar-refractivity contribution in [2.75, 3.05) is 0 Å². The maximum atomic E-state index is 11.4. The monoisotopic (exact) mass is 227 g/mol. The van der Waals surface area contributed by atoms with Crippen molar-refractivity contribution in [2.24, 2.45) is 0 Å². The van der Waals surface area contributed by atoms with Crippen LogP contribution in [0.1, 0.15) is 38.5 Å². The van der Waals surface area contributed by atoms with E-state index in [1.54, 1.807) is 0 Å². The van der Waals surface area contributed by atoms with Crippen LogP contribution in [0.2, 0.25) is 5.82 Å². The van der Waals surface area contributed by atoms with Gasteiger partial charge in [0, 0.05) is 0 Å². The second-order valence-electron chi connectivity index (χ2n) is 4.81. The highest BCUT2D eigenvalue weighted by molar-refractivity contribution is 7.78. The van der Waals surface area contributed by atoms with E-state index in [2.05, 4.69) is 20.7 Å². The molecule has 0 N–H and O–H groups in total. The molecule has 1 saturated carbocycles. The lowest BCUT2D eigenvalue weighted by Gasteiger charge is -2.20. The molecule has 15 heavy (non-hydrogen) atoms. The zero-order valence-electron chi connectivity index (χ0n) is 9.19. The topological polar surface area (TPSA) is 29.5 Å². The standard InChI is InChI=1S/C10H18BNO2S/c11-7-4-2-1-3-5-8-9(6-7)14-10(13)12(8)15/h7-9,15H,1-6,11H2. The SMILES string of the molecule is BC1CCCCCC2C(C1)OC(=O)N2S. The number of carbonyl (C=O) groups excluding carboxylic acids is 1.